The summed E-state index contributed by atoms with van der Waals surface area (Å²) in [6, 6.07) is 10.6. The maximum atomic E-state index is 13.1. The highest BCUT2D eigenvalue weighted by molar-refractivity contribution is 6.11. The van der Waals surface area contributed by atoms with Crippen molar-refractivity contribution in [2.75, 3.05) is 13.3 Å². The van der Waals surface area contributed by atoms with E-state index in [-0.39, 0.29) is 25.5 Å². The summed E-state index contributed by atoms with van der Waals surface area (Å²) in [7, 11) is 0. The Bertz CT molecular complexity index is 1100. The Morgan fingerprint density at radius 3 is 2.65 bits per heavy atom. The van der Waals surface area contributed by atoms with Crippen LogP contribution in [0.1, 0.15) is 46.8 Å². The van der Waals surface area contributed by atoms with Crippen LogP contribution < -0.4 is 14.8 Å². The van der Waals surface area contributed by atoms with Crippen molar-refractivity contribution in [3.05, 3.63) is 58.7 Å². The number of ether oxygens (including phenoxy) is 2. The molecule has 3 aliphatic rings. The molecule has 5 rings (SSSR count). The molecule has 0 saturated carbocycles. The van der Waals surface area contributed by atoms with Crippen LogP contribution in [0.25, 0.3) is 0 Å². The number of aryl methyl sites for hydroxylation is 2. The van der Waals surface area contributed by atoms with E-state index in [0.717, 1.165) is 29.7 Å². The Labute approximate surface area is 180 Å². The number of imide groups is 1. The Morgan fingerprint density at radius 2 is 1.81 bits per heavy atom. The number of nitrogens with zero attached hydrogens (tertiary/aromatic N) is 1. The molecule has 0 bridgehead atoms. The Hall–Kier alpha value is -3.35. The lowest BCUT2D eigenvalue weighted by atomic mass is 9.89. The van der Waals surface area contributed by atoms with Crippen molar-refractivity contribution in [3.63, 3.8) is 0 Å². The fourth-order valence-electron chi connectivity index (χ4n) is 4.61. The standard InChI is InChI=1S/C24H24N2O5/c1-24(12-15-6-9-20-21(10-15)31-14-30-20)22(28)26(23(29)25-24)13-19(27)18-8-7-16-4-2-3-5-17(16)11-18/h6-11H,2-5,12-14H2,1H3,(H,25,29)/t24-/m1/s1. The highest BCUT2D eigenvalue weighted by Gasteiger charge is 2.48. The van der Waals surface area contributed by atoms with Gasteiger partial charge < -0.3 is 14.8 Å². The van der Waals surface area contributed by atoms with Crippen LogP contribution in [0.2, 0.25) is 0 Å². The minimum absolute atomic E-state index is 0.171. The van der Waals surface area contributed by atoms with Gasteiger partial charge in [-0.15, -0.1) is 0 Å². The number of nitrogens with one attached hydrogen (secondary N) is 1. The van der Waals surface area contributed by atoms with Gasteiger partial charge in [0.05, 0.1) is 6.54 Å². The molecular weight excluding hydrogens is 396 g/mol. The predicted octanol–water partition coefficient (Wildman–Crippen LogP) is 3.03. The van der Waals surface area contributed by atoms with E-state index >= 15 is 0 Å². The van der Waals surface area contributed by atoms with Crippen molar-refractivity contribution in [1.29, 1.82) is 0 Å². The van der Waals surface area contributed by atoms with Crippen LogP contribution in [0.5, 0.6) is 11.5 Å². The molecule has 0 unspecified atom stereocenters. The number of amides is 3. The number of carbonyl (C=O) groups excluding carboxylic acids is 3. The molecule has 7 nitrogen and oxygen atoms in total. The zero-order chi connectivity index (χ0) is 21.6. The first kappa shape index (κ1) is 19.6. The van der Waals surface area contributed by atoms with Crippen molar-refractivity contribution < 1.29 is 23.9 Å². The van der Waals surface area contributed by atoms with Crippen LogP contribution in [0.3, 0.4) is 0 Å². The smallest absolute Gasteiger partial charge is 0.325 e. The summed E-state index contributed by atoms with van der Waals surface area (Å²) in [6.45, 7) is 1.59. The highest BCUT2D eigenvalue weighted by Crippen LogP contribution is 2.34. The fraction of sp³-hybridized carbons (Fsp3) is 0.375. The van der Waals surface area contributed by atoms with Crippen LogP contribution in [-0.2, 0) is 24.1 Å². The van der Waals surface area contributed by atoms with E-state index in [2.05, 4.69) is 5.32 Å². The normalized spacial score (nSPS) is 21.8. The molecule has 0 radical (unpaired) electrons. The van der Waals surface area contributed by atoms with Crippen molar-refractivity contribution in [2.24, 2.45) is 0 Å². The fourth-order valence-corrected chi connectivity index (χ4v) is 4.61. The number of hydrogen-bond donors (Lipinski definition) is 1. The summed E-state index contributed by atoms with van der Waals surface area (Å²) < 4.78 is 10.7. The van der Waals surface area contributed by atoms with Crippen molar-refractivity contribution >= 4 is 17.7 Å². The summed E-state index contributed by atoms with van der Waals surface area (Å²) in [5.41, 5.74) is 2.74. The third-order valence-corrected chi connectivity index (χ3v) is 6.31. The zero-order valence-electron chi connectivity index (χ0n) is 17.4. The molecule has 7 heteroatoms. The lowest BCUT2D eigenvalue weighted by Crippen LogP contribution is -2.46. The number of benzene rings is 2. The average Bonchev–Trinajstić information content (AvgIpc) is 3.31. The van der Waals surface area contributed by atoms with Gasteiger partial charge in [-0.3, -0.25) is 14.5 Å². The van der Waals surface area contributed by atoms with E-state index in [1.54, 1.807) is 19.1 Å². The Kier molecular flexibility index (Phi) is 4.68. The SMILES string of the molecule is C[C@]1(Cc2ccc3c(c2)OCO3)NC(=O)N(CC(=O)c2ccc3c(c2)CCCC3)C1=O. The Balaban J connectivity index is 1.31. The van der Waals surface area contributed by atoms with E-state index < -0.39 is 17.5 Å². The molecule has 2 aliphatic heterocycles. The molecular formula is C24H24N2O5. The highest BCUT2D eigenvalue weighted by atomic mass is 16.7. The van der Waals surface area contributed by atoms with Crippen LogP contribution >= 0.6 is 0 Å². The summed E-state index contributed by atoms with van der Waals surface area (Å²) >= 11 is 0. The average molecular weight is 420 g/mol. The maximum Gasteiger partial charge on any atom is 0.325 e. The summed E-state index contributed by atoms with van der Waals surface area (Å²) in [4.78, 5) is 39.6. The number of hydrogen-bond acceptors (Lipinski definition) is 5. The molecule has 1 atom stereocenters. The topological polar surface area (TPSA) is 84.9 Å². The van der Waals surface area contributed by atoms with Gasteiger partial charge in [-0.1, -0.05) is 18.2 Å². The molecule has 1 fully saturated rings. The Morgan fingerprint density at radius 1 is 1.03 bits per heavy atom. The van der Waals surface area contributed by atoms with Crippen molar-refractivity contribution in [1.82, 2.24) is 10.2 Å². The van der Waals surface area contributed by atoms with E-state index in [4.69, 9.17) is 9.47 Å². The number of Topliss-reactive ketones (excluding diaryl/α,β-unsaturated/α-hetero) is 1. The van der Waals surface area contributed by atoms with Gasteiger partial charge in [-0.05, 0) is 67.5 Å². The van der Waals surface area contributed by atoms with Gasteiger partial charge in [0.15, 0.2) is 17.3 Å². The number of fused-ring (bicyclic) bond motifs is 2. The number of carbonyl (C=O) groups is 3. The van der Waals surface area contributed by atoms with Crippen LogP contribution in [-0.4, -0.2) is 41.5 Å². The van der Waals surface area contributed by atoms with Crippen LogP contribution in [0.15, 0.2) is 36.4 Å². The molecule has 1 N–H and O–H groups in total. The van der Waals surface area contributed by atoms with E-state index in [9.17, 15) is 14.4 Å². The molecule has 1 aliphatic carbocycles. The second-order valence-electron chi connectivity index (χ2n) is 8.63. The third kappa shape index (κ3) is 3.54. The lowest BCUT2D eigenvalue weighted by molar-refractivity contribution is -0.130. The molecule has 0 aromatic heterocycles. The number of ketones is 1. The minimum Gasteiger partial charge on any atom is -0.454 e. The minimum atomic E-state index is -1.12. The number of rotatable bonds is 5. The molecule has 31 heavy (non-hydrogen) atoms. The monoisotopic (exact) mass is 420 g/mol. The summed E-state index contributed by atoms with van der Waals surface area (Å²) in [6.07, 6.45) is 4.58. The van der Waals surface area contributed by atoms with Crippen LogP contribution in [0, 0.1) is 0 Å². The third-order valence-electron chi connectivity index (χ3n) is 6.31. The number of urea groups is 1. The predicted molar refractivity (Wildman–Crippen MR) is 112 cm³/mol. The first-order valence-corrected chi connectivity index (χ1v) is 10.6. The van der Waals surface area contributed by atoms with Gasteiger partial charge in [0, 0.05) is 12.0 Å². The lowest BCUT2D eigenvalue weighted by Gasteiger charge is -2.22. The van der Waals surface area contributed by atoms with E-state index in [1.807, 2.05) is 24.3 Å². The molecule has 2 aromatic carbocycles. The van der Waals surface area contributed by atoms with E-state index in [1.165, 1.54) is 17.5 Å². The second-order valence-corrected chi connectivity index (χ2v) is 8.63. The maximum absolute atomic E-state index is 13.1. The van der Waals surface area contributed by atoms with E-state index in [0.29, 0.717) is 17.1 Å². The van der Waals surface area contributed by atoms with Crippen LogP contribution in [0.4, 0.5) is 4.79 Å². The van der Waals surface area contributed by atoms with Gasteiger partial charge in [-0.25, -0.2) is 4.79 Å². The molecule has 3 amide bonds. The van der Waals surface area contributed by atoms with Gasteiger partial charge in [0.2, 0.25) is 6.79 Å². The largest absolute Gasteiger partial charge is 0.454 e. The molecule has 2 heterocycles. The molecule has 2 aromatic rings. The summed E-state index contributed by atoms with van der Waals surface area (Å²) in [5.74, 6) is 0.649. The summed E-state index contributed by atoms with van der Waals surface area (Å²) in [5, 5.41) is 2.77. The van der Waals surface area contributed by atoms with Gasteiger partial charge in [0.1, 0.15) is 5.54 Å². The second kappa shape index (κ2) is 7.41. The van der Waals surface area contributed by atoms with Gasteiger partial charge in [-0.2, -0.15) is 0 Å². The first-order valence-electron chi connectivity index (χ1n) is 10.6. The molecule has 160 valence electrons. The molecule has 0 spiro atoms. The quantitative estimate of drug-likeness (QED) is 0.594. The molecule has 1 saturated heterocycles. The van der Waals surface area contributed by atoms with Gasteiger partial charge in [0.25, 0.3) is 5.91 Å². The zero-order valence-corrected chi connectivity index (χ0v) is 17.4. The first-order chi connectivity index (χ1) is 14.9. The van der Waals surface area contributed by atoms with Crippen molar-refractivity contribution in [2.45, 2.75) is 44.6 Å². The van der Waals surface area contributed by atoms with Gasteiger partial charge >= 0.3 is 6.03 Å². The van der Waals surface area contributed by atoms with Crippen molar-refractivity contribution in [3.8, 4) is 11.5 Å².